The molecule has 0 fully saturated rings. The average molecular weight is 468 g/mol. The van der Waals surface area contributed by atoms with Gasteiger partial charge in [-0.1, -0.05) is 18.2 Å². The van der Waals surface area contributed by atoms with Crippen LogP contribution in [0.4, 0.5) is 5.69 Å². The van der Waals surface area contributed by atoms with Gasteiger partial charge in [-0.2, -0.15) is 0 Å². The first-order valence-electron chi connectivity index (χ1n) is 10.7. The number of carbonyl (C=O) groups is 2. The monoisotopic (exact) mass is 467 g/mol. The van der Waals surface area contributed by atoms with Crippen molar-refractivity contribution in [2.24, 2.45) is 0 Å². The molecule has 0 radical (unpaired) electrons. The van der Waals surface area contributed by atoms with Crippen LogP contribution in [0.25, 0.3) is 0 Å². The van der Waals surface area contributed by atoms with Gasteiger partial charge >= 0.3 is 5.97 Å². The van der Waals surface area contributed by atoms with Crippen molar-refractivity contribution < 1.29 is 19.4 Å². The minimum atomic E-state index is -0.884. The molecule has 2 N–H and O–H groups in total. The third-order valence-electron chi connectivity index (χ3n) is 4.91. The van der Waals surface area contributed by atoms with Gasteiger partial charge in [-0.25, -0.2) is 4.79 Å². The Morgan fingerprint density at radius 1 is 0.909 bits per heavy atom. The fraction of sp³-hybridized carbons (Fsp3) is 0.280. The van der Waals surface area contributed by atoms with Crippen LogP contribution in [0.15, 0.2) is 66.7 Å². The number of thiophene rings is 1. The van der Waals surface area contributed by atoms with Crippen molar-refractivity contribution in [1.29, 1.82) is 0 Å². The molecule has 0 aliphatic rings. The molecular weight excluding hydrogens is 438 g/mol. The predicted molar refractivity (Wildman–Crippen MR) is 131 cm³/mol. The molecule has 0 aliphatic heterocycles. The number of nitrogens with one attached hydrogen (secondary N) is 1. The summed E-state index contributed by atoms with van der Waals surface area (Å²) in [5.74, 6) is 0.525. The Balaban J connectivity index is 1.34. The molecule has 1 aromatic heterocycles. The number of hydrogen-bond acceptors (Lipinski definition) is 6. The lowest BCUT2D eigenvalue weighted by Crippen LogP contribution is -2.32. The molecule has 0 saturated heterocycles. The van der Waals surface area contributed by atoms with Crippen molar-refractivity contribution >= 4 is 28.9 Å². The Bertz CT molecular complexity index is 1040. The number of anilines is 1. The number of carboxylic acids is 1. The summed E-state index contributed by atoms with van der Waals surface area (Å²) in [6, 6.07) is 20.4. The highest BCUT2D eigenvalue weighted by Crippen LogP contribution is 2.22. The molecule has 2 aromatic carbocycles. The molecule has 1 amide bonds. The zero-order chi connectivity index (χ0) is 23.6. The van der Waals surface area contributed by atoms with Gasteiger partial charge < -0.3 is 20.1 Å². The van der Waals surface area contributed by atoms with Crippen molar-refractivity contribution in [3.63, 3.8) is 0 Å². The molecule has 0 unspecified atom stereocenters. The van der Waals surface area contributed by atoms with Crippen LogP contribution < -0.4 is 10.1 Å². The van der Waals surface area contributed by atoms with E-state index >= 15 is 0 Å². The maximum Gasteiger partial charge on any atom is 0.345 e. The van der Waals surface area contributed by atoms with E-state index in [2.05, 4.69) is 10.2 Å². The summed E-state index contributed by atoms with van der Waals surface area (Å²) in [5.41, 5.74) is 0.727. The molecule has 0 spiro atoms. The van der Waals surface area contributed by atoms with Gasteiger partial charge in [0.05, 0.1) is 6.54 Å². The van der Waals surface area contributed by atoms with Gasteiger partial charge in [-0.15, -0.1) is 11.3 Å². The molecule has 8 heteroatoms. The van der Waals surface area contributed by atoms with Crippen LogP contribution in [0.1, 0.15) is 21.0 Å². The Morgan fingerprint density at radius 3 is 2.24 bits per heavy atom. The van der Waals surface area contributed by atoms with E-state index in [9.17, 15) is 9.59 Å². The van der Waals surface area contributed by atoms with E-state index in [0.717, 1.165) is 35.8 Å². The van der Waals surface area contributed by atoms with E-state index < -0.39 is 5.97 Å². The Kier molecular flexibility index (Phi) is 9.00. The first-order valence-corrected chi connectivity index (χ1v) is 11.5. The molecule has 3 rings (SSSR count). The van der Waals surface area contributed by atoms with E-state index in [1.54, 1.807) is 6.07 Å². The number of aromatic carboxylic acids is 1. The third-order valence-corrected chi connectivity index (χ3v) is 5.97. The molecule has 0 atom stereocenters. The molecule has 174 valence electrons. The average Bonchev–Trinajstić information content (AvgIpc) is 3.24. The van der Waals surface area contributed by atoms with Crippen LogP contribution in [-0.4, -0.2) is 60.5 Å². The smallest absolute Gasteiger partial charge is 0.345 e. The van der Waals surface area contributed by atoms with Crippen LogP contribution in [-0.2, 0) is 11.3 Å². The van der Waals surface area contributed by atoms with Gasteiger partial charge in [0.1, 0.15) is 16.4 Å². The highest BCUT2D eigenvalue weighted by atomic mass is 32.1. The number of rotatable bonds is 12. The molecule has 33 heavy (non-hydrogen) atoms. The zero-order valence-corrected chi connectivity index (χ0v) is 19.7. The minimum Gasteiger partial charge on any atom is -0.477 e. The molecule has 0 aliphatic carbocycles. The van der Waals surface area contributed by atoms with Crippen LogP contribution in [0.3, 0.4) is 0 Å². The Morgan fingerprint density at radius 2 is 1.58 bits per heavy atom. The van der Waals surface area contributed by atoms with E-state index in [0.29, 0.717) is 23.7 Å². The van der Waals surface area contributed by atoms with Crippen molar-refractivity contribution in [3.05, 3.63) is 76.5 Å². The molecular formula is C25H29N3O4S. The predicted octanol–water partition coefficient (Wildman–Crippen LogP) is 4.63. The van der Waals surface area contributed by atoms with Crippen molar-refractivity contribution in [2.45, 2.75) is 13.0 Å². The number of carboxylic acid groups (broad SMARTS) is 1. The number of likely N-dealkylation sites (N-methyl/N-ethyl adjacent to an activating group) is 1. The van der Waals surface area contributed by atoms with Crippen molar-refractivity contribution in [1.82, 2.24) is 9.80 Å². The first-order chi connectivity index (χ1) is 15.9. The first kappa shape index (κ1) is 24.4. The number of amides is 1. The van der Waals surface area contributed by atoms with Crippen LogP contribution in [0.5, 0.6) is 11.5 Å². The highest BCUT2D eigenvalue weighted by Gasteiger charge is 2.10. The second-order valence-electron chi connectivity index (χ2n) is 7.89. The summed E-state index contributed by atoms with van der Waals surface area (Å²) in [6.45, 7) is 2.66. The number of ether oxygens (including phenoxy) is 1. The number of carbonyl (C=O) groups excluding carboxylic acids is 1. The second-order valence-corrected chi connectivity index (χ2v) is 9.06. The maximum absolute atomic E-state index is 12.4. The van der Waals surface area contributed by atoms with Gasteiger partial charge in [-0.3, -0.25) is 9.69 Å². The summed E-state index contributed by atoms with van der Waals surface area (Å²) in [4.78, 5) is 28.9. The van der Waals surface area contributed by atoms with E-state index in [1.807, 2.05) is 79.7 Å². The largest absolute Gasteiger partial charge is 0.477 e. The van der Waals surface area contributed by atoms with Crippen LogP contribution in [0.2, 0.25) is 0 Å². The van der Waals surface area contributed by atoms with Gasteiger partial charge in [-0.05, 0) is 82.1 Å². The molecule has 1 heterocycles. The van der Waals surface area contributed by atoms with Crippen LogP contribution in [0, 0.1) is 0 Å². The van der Waals surface area contributed by atoms with E-state index in [1.165, 1.54) is 11.3 Å². The van der Waals surface area contributed by atoms with Crippen molar-refractivity contribution in [3.8, 4) is 11.5 Å². The van der Waals surface area contributed by atoms with Gasteiger partial charge in [0.2, 0.25) is 5.91 Å². The summed E-state index contributed by atoms with van der Waals surface area (Å²) >= 11 is 1.31. The number of benzene rings is 2. The Hall–Kier alpha value is -3.20. The summed E-state index contributed by atoms with van der Waals surface area (Å²) in [6.07, 6.45) is 0.906. The molecule has 7 nitrogen and oxygen atoms in total. The lowest BCUT2D eigenvalue weighted by Gasteiger charge is -2.19. The molecule has 0 saturated carbocycles. The highest BCUT2D eigenvalue weighted by molar-refractivity contribution is 7.13. The third kappa shape index (κ3) is 8.34. The number of hydrogen-bond donors (Lipinski definition) is 2. The standard InChI is InChI=1S/C25H29N3O4S/c1-27(17-22-13-14-23(33-22)25(30)31)15-6-16-28(2)18-24(29)26-19-9-11-21(12-10-19)32-20-7-4-3-5-8-20/h3-5,7-14H,6,15-18H2,1-2H3,(H,26,29)(H,30,31). The molecule has 3 aromatic rings. The quantitative estimate of drug-likeness (QED) is 0.404. The summed E-state index contributed by atoms with van der Waals surface area (Å²) in [5, 5.41) is 11.9. The van der Waals surface area contributed by atoms with E-state index in [-0.39, 0.29) is 5.91 Å². The zero-order valence-electron chi connectivity index (χ0n) is 18.9. The van der Waals surface area contributed by atoms with E-state index in [4.69, 9.17) is 9.84 Å². The second kappa shape index (κ2) is 12.2. The number of para-hydroxylation sites is 1. The van der Waals surface area contributed by atoms with Crippen molar-refractivity contribution in [2.75, 3.05) is 39.0 Å². The Labute approximate surface area is 198 Å². The minimum absolute atomic E-state index is 0.0673. The SMILES string of the molecule is CN(CCCN(C)Cc1ccc(C(=O)O)s1)CC(=O)Nc1ccc(Oc2ccccc2)cc1. The summed E-state index contributed by atoms with van der Waals surface area (Å²) < 4.78 is 5.77. The maximum atomic E-state index is 12.4. The number of nitrogens with zero attached hydrogens (tertiary/aromatic N) is 2. The van der Waals surface area contributed by atoms with Gasteiger partial charge in [0.15, 0.2) is 0 Å². The summed E-state index contributed by atoms with van der Waals surface area (Å²) in [7, 11) is 3.94. The van der Waals surface area contributed by atoms with Gasteiger partial charge in [0.25, 0.3) is 0 Å². The lowest BCUT2D eigenvalue weighted by atomic mass is 10.3. The lowest BCUT2D eigenvalue weighted by molar-refractivity contribution is -0.117. The fourth-order valence-corrected chi connectivity index (χ4v) is 4.22. The van der Waals surface area contributed by atoms with Crippen LogP contribution >= 0.6 is 11.3 Å². The van der Waals surface area contributed by atoms with Gasteiger partial charge in [0, 0.05) is 17.1 Å². The molecule has 0 bridgehead atoms. The normalized spacial score (nSPS) is 11.0. The topological polar surface area (TPSA) is 82.1 Å². The fourth-order valence-electron chi connectivity index (χ4n) is 3.29.